The third kappa shape index (κ3) is 4.10. The molecular formula is C17H30N2O. The number of hydrogen-bond donors (Lipinski definition) is 1. The lowest BCUT2D eigenvalue weighted by Gasteiger charge is -2.37. The van der Waals surface area contributed by atoms with E-state index in [1.165, 1.54) is 25.7 Å². The largest absolute Gasteiger partial charge is 0.465 e. The van der Waals surface area contributed by atoms with E-state index in [1.807, 2.05) is 13.0 Å². The van der Waals surface area contributed by atoms with Gasteiger partial charge in [-0.05, 0) is 64.3 Å². The van der Waals surface area contributed by atoms with Crippen LogP contribution in [-0.4, -0.2) is 31.6 Å². The molecule has 0 amide bonds. The number of nitrogens with one attached hydrogen (secondary N) is 1. The van der Waals surface area contributed by atoms with Crippen LogP contribution in [0.25, 0.3) is 0 Å². The molecule has 0 radical (unpaired) electrons. The lowest BCUT2D eigenvalue weighted by Crippen LogP contribution is -2.43. The molecule has 1 aliphatic rings. The SMILES string of the molecule is CCC1CCC(NC)C(CN(C)Cc2ccc(C)o2)C1. The number of furan rings is 1. The third-order valence-electron chi connectivity index (χ3n) is 4.81. The molecule has 1 N–H and O–H groups in total. The van der Waals surface area contributed by atoms with Crippen LogP contribution in [0.1, 0.15) is 44.1 Å². The summed E-state index contributed by atoms with van der Waals surface area (Å²) in [5.41, 5.74) is 0. The molecule has 1 fully saturated rings. The lowest BCUT2D eigenvalue weighted by molar-refractivity contribution is 0.149. The molecule has 114 valence electrons. The summed E-state index contributed by atoms with van der Waals surface area (Å²) in [6.45, 7) is 6.41. The van der Waals surface area contributed by atoms with E-state index in [0.29, 0.717) is 6.04 Å². The summed E-state index contributed by atoms with van der Waals surface area (Å²) < 4.78 is 5.68. The van der Waals surface area contributed by atoms with Gasteiger partial charge in [-0.1, -0.05) is 13.3 Å². The third-order valence-corrected chi connectivity index (χ3v) is 4.81. The van der Waals surface area contributed by atoms with E-state index in [0.717, 1.165) is 36.4 Å². The van der Waals surface area contributed by atoms with Gasteiger partial charge < -0.3 is 9.73 Å². The highest BCUT2D eigenvalue weighted by molar-refractivity contribution is 5.05. The van der Waals surface area contributed by atoms with Crippen molar-refractivity contribution in [2.24, 2.45) is 11.8 Å². The number of rotatable bonds is 6. The van der Waals surface area contributed by atoms with Crippen LogP contribution in [-0.2, 0) is 6.54 Å². The maximum Gasteiger partial charge on any atom is 0.118 e. The number of hydrogen-bond acceptors (Lipinski definition) is 3. The zero-order chi connectivity index (χ0) is 14.5. The van der Waals surface area contributed by atoms with Gasteiger partial charge in [0.25, 0.3) is 0 Å². The molecule has 1 saturated carbocycles. The molecule has 1 aromatic heterocycles. The van der Waals surface area contributed by atoms with E-state index in [-0.39, 0.29) is 0 Å². The Bertz CT molecular complexity index is 401. The Labute approximate surface area is 123 Å². The van der Waals surface area contributed by atoms with E-state index in [1.54, 1.807) is 0 Å². The first-order chi connectivity index (χ1) is 9.62. The molecule has 3 unspecified atom stereocenters. The summed E-state index contributed by atoms with van der Waals surface area (Å²) in [4.78, 5) is 2.41. The first-order valence-electron chi connectivity index (χ1n) is 8.03. The topological polar surface area (TPSA) is 28.4 Å². The minimum atomic E-state index is 0.679. The Morgan fingerprint density at radius 2 is 2.15 bits per heavy atom. The summed E-state index contributed by atoms with van der Waals surface area (Å²) in [6, 6.07) is 4.82. The zero-order valence-electron chi connectivity index (χ0n) is 13.5. The number of aryl methyl sites for hydroxylation is 1. The fourth-order valence-corrected chi connectivity index (χ4v) is 3.61. The molecule has 1 aromatic rings. The van der Waals surface area contributed by atoms with Crippen molar-refractivity contribution >= 4 is 0 Å². The highest BCUT2D eigenvalue weighted by atomic mass is 16.3. The Kier molecular flexibility index (Phi) is 5.67. The van der Waals surface area contributed by atoms with Gasteiger partial charge in [-0.2, -0.15) is 0 Å². The second kappa shape index (κ2) is 7.28. The van der Waals surface area contributed by atoms with Gasteiger partial charge in [0, 0.05) is 12.6 Å². The van der Waals surface area contributed by atoms with Crippen LogP contribution in [0.2, 0.25) is 0 Å². The molecule has 0 saturated heterocycles. The Morgan fingerprint density at radius 1 is 1.35 bits per heavy atom. The van der Waals surface area contributed by atoms with Crippen molar-refractivity contribution in [2.75, 3.05) is 20.6 Å². The molecule has 2 rings (SSSR count). The predicted octanol–water partition coefficient (Wildman–Crippen LogP) is 3.43. The first-order valence-corrected chi connectivity index (χ1v) is 8.03. The van der Waals surface area contributed by atoms with Gasteiger partial charge in [0.15, 0.2) is 0 Å². The molecular weight excluding hydrogens is 248 g/mol. The lowest BCUT2D eigenvalue weighted by atomic mass is 9.76. The Balaban J connectivity index is 1.88. The van der Waals surface area contributed by atoms with Crippen LogP contribution in [0.15, 0.2) is 16.5 Å². The van der Waals surface area contributed by atoms with E-state index in [9.17, 15) is 0 Å². The molecule has 20 heavy (non-hydrogen) atoms. The molecule has 1 aliphatic carbocycles. The van der Waals surface area contributed by atoms with E-state index < -0.39 is 0 Å². The summed E-state index contributed by atoms with van der Waals surface area (Å²) in [7, 11) is 4.32. The van der Waals surface area contributed by atoms with Crippen LogP contribution in [0, 0.1) is 18.8 Å². The zero-order valence-corrected chi connectivity index (χ0v) is 13.5. The molecule has 0 spiro atoms. The fraction of sp³-hybridized carbons (Fsp3) is 0.765. The smallest absolute Gasteiger partial charge is 0.118 e. The first kappa shape index (κ1) is 15.6. The van der Waals surface area contributed by atoms with Gasteiger partial charge in [-0.15, -0.1) is 0 Å². The van der Waals surface area contributed by atoms with Crippen LogP contribution < -0.4 is 5.32 Å². The molecule has 0 aliphatic heterocycles. The van der Waals surface area contributed by atoms with Gasteiger partial charge >= 0.3 is 0 Å². The van der Waals surface area contributed by atoms with E-state index >= 15 is 0 Å². The van der Waals surface area contributed by atoms with Crippen LogP contribution in [0.3, 0.4) is 0 Å². The number of nitrogens with zero attached hydrogens (tertiary/aromatic N) is 1. The van der Waals surface area contributed by atoms with Crippen LogP contribution in [0.4, 0.5) is 0 Å². The van der Waals surface area contributed by atoms with Crippen molar-refractivity contribution in [3.8, 4) is 0 Å². The minimum Gasteiger partial charge on any atom is -0.465 e. The van der Waals surface area contributed by atoms with Crippen molar-refractivity contribution in [2.45, 2.75) is 52.1 Å². The predicted molar refractivity (Wildman–Crippen MR) is 83.7 cm³/mol. The second-order valence-corrected chi connectivity index (χ2v) is 6.45. The molecule has 0 bridgehead atoms. The molecule has 3 nitrogen and oxygen atoms in total. The monoisotopic (exact) mass is 278 g/mol. The fourth-order valence-electron chi connectivity index (χ4n) is 3.61. The maximum absolute atomic E-state index is 5.68. The summed E-state index contributed by atoms with van der Waals surface area (Å²) in [6.07, 6.45) is 5.41. The summed E-state index contributed by atoms with van der Waals surface area (Å²) in [5, 5.41) is 3.52. The molecule has 3 atom stereocenters. The highest BCUT2D eigenvalue weighted by Gasteiger charge is 2.29. The molecule has 3 heteroatoms. The van der Waals surface area contributed by atoms with Gasteiger partial charge in [-0.25, -0.2) is 0 Å². The van der Waals surface area contributed by atoms with Crippen LogP contribution >= 0.6 is 0 Å². The van der Waals surface area contributed by atoms with Gasteiger partial charge in [0.1, 0.15) is 11.5 Å². The van der Waals surface area contributed by atoms with Gasteiger partial charge in [0.2, 0.25) is 0 Å². The normalized spacial score (nSPS) is 27.1. The van der Waals surface area contributed by atoms with Gasteiger partial charge in [0.05, 0.1) is 6.54 Å². The maximum atomic E-state index is 5.68. The van der Waals surface area contributed by atoms with Crippen molar-refractivity contribution in [3.63, 3.8) is 0 Å². The highest BCUT2D eigenvalue weighted by Crippen LogP contribution is 2.31. The molecule has 0 aromatic carbocycles. The van der Waals surface area contributed by atoms with Gasteiger partial charge in [-0.3, -0.25) is 4.90 Å². The Hall–Kier alpha value is -0.800. The van der Waals surface area contributed by atoms with Crippen molar-refractivity contribution in [1.29, 1.82) is 0 Å². The summed E-state index contributed by atoms with van der Waals surface area (Å²) >= 11 is 0. The van der Waals surface area contributed by atoms with Crippen molar-refractivity contribution in [3.05, 3.63) is 23.7 Å². The Morgan fingerprint density at radius 3 is 2.75 bits per heavy atom. The summed E-state index contributed by atoms with van der Waals surface area (Å²) in [5.74, 6) is 3.77. The second-order valence-electron chi connectivity index (χ2n) is 6.45. The van der Waals surface area contributed by atoms with E-state index in [2.05, 4.69) is 37.3 Å². The molecule has 1 heterocycles. The average Bonchev–Trinajstić information content (AvgIpc) is 2.83. The minimum absolute atomic E-state index is 0.679. The average molecular weight is 278 g/mol. The quantitative estimate of drug-likeness (QED) is 0.864. The standard InChI is InChI=1S/C17H30N2O/c1-5-14-7-9-17(18-3)15(10-14)11-19(4)12-16-8-6-13(2)20-16/h6,8,14-15,17-18H,5,7,9-12H2,1-4H3. The van der Waals surface area contributed by atoms with Crippen molar-refractivity contribution in [1.82, 2.24) is 10.2 Å². The van der Waals surface area contributed by atoms with Crippen LogP contribution in [0.5, 0.6) is 0 Å². The van der Waals surface area contributed by atoms with E-state index in [4.69, 9.17) is 4.42 Å². The van der Waals surface area contributed by atoms with Crippen molar-refractivity contribution < 1.29 is 4.42 Å².